The molecule has 0 N–H and O–H groups in total. The van der Waals surface area contributed by atoms with Crippen molar-refractivity contribution < 1.29 is 8.95 Å². The van der Waals surface area contributed by atoms with Gasteiger partial charge < -0.3 is 4.74 Å². The Morgan fingerprint density at radius 3 is 2.69 bits per heavy atom. The molecule has 1 rings (SSSR count). The van der Waals surface area contributed by atoms with Crippen molar-refractivity contribution in [1.29, 1.82) is 0 Å². The van der Waals surface area contributed by atoms with E-state index in [9.17, 15) is 4.21 Å². The average molecular weight is 204 g/mol. The first-order chi connectivity index (χ1) is 6.33. The standard InChI is InChI=1S/C10H20O2S/c1-2-12-7-8-13(11)9-10-5-3-4-6-10/h10H,2-9H2,1H3/t13-/m0/s1. The van der Waals surface area contributed by atoms with Gasteiger partial charge in [0, 0.05) is 28.9 Å². The Balaban J connectivity index is 2.02. The topological polar surface area (TPSA) is 26.3 Å². The summed E-state index contributed by atoms with van der Waals surface area (Å²) in [6.45, 7) is 3.37. The smallest absolute Gasteiger partial charge is 0.0581 e. The second-order valence-corrected chi connectivity index (χ2v) is 5.28. The number of hydrogen-bond acceptors (Lipinski definition) is 2. The molecule has 1 aliphatic rings. The van der Waals surface area contributed by atoms with Crippen molar-refractivity contribution in [2.75, 3.05) is 24.7 Å². The second-order valence-electron chi connectivity index (χ2n) is 3.66. The first-order valence-corrected chi connectivity index (χ1v) is 6.74. The molecule has 0 unspecified atom stereocenters. The van der Waals surface area contributed by atoms with E-state index < -0.39 is 10.8 Å². The lowest BCUT2D eigenvalue weighted by atomic mass is 10.1. The maximum absolute atomic E-state index is 11.5. The van der Waals surface area contributed by atoms with Crippen LogP contribution in [0.3, 0.4) is 0 Å². The van der Waals surface area contributed by atoms with Crippen LogP contribution in [0.2, 0.25) is 0 Å². The molecule has 0 aromatic carbocycles. The fourth-order valence-corrected chi connectivity index (χ4v) is 3.15. The number of hydrogen-bond donors (Lipinski definition) is 0. The normalized spacial score (nSPS) is 20.7. The monoisotopic (exact) mass is 204 g/mol. The van der Waals surface area contributed by atoms with Crippen molar-refractivity contribution in [3.63, 3.8) is 0 Å². The molecule has 0 heterocycles. The molecule has 0 spiro atoms. The third kappa shape index (κ3) is 4.77. The molecule has 0 aliphatic heterocycles. The van der Waals surface area contributed by atoms with Crippen LogP contribution in [0.4, 0.5) is 0 Å². The molecule has 0 aromatic heterocycles. The van der Waals surface area contributed by atoms with Gasteiger partial charge >= 0.3 is 0 Å². The summed E-state index contributed by atoms with van der Waals surface area (Å²) < 4.78 is 16.7. The molecule has 0 aromatic rings. The molecular formula is C10H20O2S. The van der Waals surface area contributed by atoms with Gasteiger partial charge in [0.25, 0.3) is 0 Å². The Bertz CT molecular complexity index is 153. The molecule has 0 amide bonds. The average Bonchev–Trinajstić information content (AvgIpc) is 2.57. The molecule has 1 atom stereocenters. The lowest BCUT2D eigenvalue weighted by molar-refractivity contribution is 0.164. The molecule has 0 radical (unpaired) electrons. The first kappa shape index (κ1) is 11.2. The van der Waals surface area contributed by atoms with Crippen molar-refractivity contribution in [2.45, 2.75) is 32.6 Å². The molecule has 2 nitrogen and oxygen atoms in total. The highest BCUT2D eigenvalue weighted by atomic mass is 32.2. The van der Waals surface area contributed by atoms with Crippen molar-refractivity contribution in [1.82, 2.24) is 0 Å². The highest BCUT2D eigenvalue weighted by molar-refractivity contribution is 7.85. The maximum Gasteiger partial charge on any atom is 0.0581 e. The van der Waals surface area contributed by atoms with E-state index in [0.29, 0.717) is 6.61 Å². The quantitative estimate of drug-likeness (QED) is 0.618. The summed E-state index contributed by atoms with van der Waals surface area (Å²) in [4.78, 5) is 0. The summed E-state index contributed by atoms with van der Waals surface area (Å²) in [6, 6.07) is 0. The van der Waals surface area contributed by atoms with Crippen molar-refractivity contribution >= 4 is 10.8 Å². The number of rotatable bonds is 6. The molecule has 13 heavy (non-hydrogen) atoms. The van der Waals surface area contributed by atoms with Gasteiger partial charge in [-0.15, -0.1) is 0 Å². The summed E-state index contributed by atoms with van der Waals surface area (Å²) in [5.74, 6) is 2.37. The zero-order valence-corrected chi connectivity index (χ0v) is 9.28. The minimum atomic E-state index is -0.636. The Kier molecular flexibility index (Phi) is 5.63. The summed E-state index contributed by atoms with van der Waals surface area (Å²) in [5.41, 5.74) is 0. The Labute approximate surface area is 83.5 Å². The van der Waals surface area contributed by atoms with Crippen LogP contribution < -0.4 is 0 Å². The van der Waals surface area contributed by atoms with Gasteiger partial charge in [0.2, 0.25) is 0 Å². The van der Waals surface area contributed by atoms with Gasteiger partial charge in [0.15, 0.2) is 0 Å². The van der Waals surface area contributed by atoms with Gasteiger partial charge in [-0.25, -0.2) is 0 Å². The van der Waals surface area contributed by atoms with Crippen LogP contribution in [0.15, 0.2) is 0 Å². The third-order valence-corrected chi connectivity index (χ3v) is 4.02. The van der Waals surface area contributed by atoms with Crippen LogP contribution >= 0.6 is 0 Å². The fourth-order valence-electron chi connectivity index (χ4n) is 1.82. The molecule has 1 fully saturated rings. The highest BCUT2D eigenvalue weighted by Gasteiger charge is 2.17. The van der Waals surface area contributed by atoms with Gasteiger partial charge in [-0.3, -0.25) is 4.21 Å². The zero-order chi connectivity index (χ0) is 9.52. The molecule has 78 valence electrons. The Morgan fingerprint density at radius 1 is 1.38 bits per heavy atom. The Hall–Kier alpha value is 0.110. The highest BCUT2D eigenvalue weighted by Crippen LogP contribution is 2.25. The van der Waals surface area contributed by atoms with E-state index in [4.69, 9.17) is 4.74 Å². The zero-order valence-electron chi connectivity index (χ0n) is 8.46. The van der Waals surface area contributed by atoms with Crippen LogP contribution in [-0.4, -0.2) is 28.9 Å². The molecule has 1 aliphatic carbocycles. The summed E-state index contributed by atoms with van der Waals surface area (Å²) in [6.07, 6.45) is 5.27. The van der Waals surface area contributed by atoms with Gasteiger partial charge in [0.1, 0.15) is 0 Å². The predicted octanol–water partition coefficient (Wildman–Crippen LogP) is 1.96. The van der Waals surface area contributed by atoms with Crippen LogP contribution in [0.5, 0.6) is 0 Å². The fraction of sp³-hybridized carbons (Fsp3) is 1.00. The molecule has 0 saturated heterocycles. The van der Waals surface area contributed by atoms with Crippen LogP contribution in [0.25, 0.3) is 0 Å². The first-order valence-electron chi connectivity index (χ1n) is 5.25. The van der Waals surface area contributed by atoms with E-state index in [1.54, 1.807) is 0 Å². The van der Waals surface area contributed by atoms with E-state index in [0.717, 1.165) is 24.0 Å². The summed E-state index contributed by atoms with van der Waals surface area (Å²) in [7, 11) is -0.636. The minimum Gasteiger partial charge on any atom is -0.381 e. The van der Waals surface area contributed by atoms with Gasteiger partial charge in [-0.1, -0.05) is 12.8 Å². The third-order valence-electron chi connectivity index (χ3n) is 2.56. The molecule has 1 saturated carbocycles. The van der Waals surface area contributed by atoms with E-state index in [2.05, 4.69) is 0 Å². The van der Waals surface area contributed by atoms with E-state index >= 15 is 0 Å². The van der Waals surface area contributed by atoms with E-state index in [1.165, 1.54) is 25.7 Å². The summed E-state index contributed by atoms with van der Waals surface area (Å²) in [5, 5.41) is 0. The predicted molar refractivity (Wildman–Crippen MR) is 56.3 cm³/mol. The molecule has 3 heteroatoms. The van der Waals surface area contributed by atoms with Gasteiger partial charge in [0.05, 0.1) is 6.61 Å². The van der Waals surface area contributed by atoms with Crippen LogP contribution in [-0.2, 0) is 15.5 Å². The largest absolute Gasteiger partial charge is 0.381 e. The lowest BCUT2D eigenvalue weighted by Crippen LogP contribution is -2.14. The maximum atomic E-state index is 11.5. The SMILES string of the molecule is CCOCC[S@](=O)CC1CCCC1. The van der Waals surface area contributed by atoms with E-state index in [-0.39, 0.29) is 0 Å². The van der Waals surface area contributed by atoms with Gasteiger partial charge in [-0.2, -0.15) is 0 Å². The van der Waals surface area contributed by atoms with Crippen LogP contribution in [0, 0.1) is 5.92 Å². The molecule has 0 bridgehead atoms. The minimum absolute atomic E-state index is 0.636. The Morgan fingerprint density at radius 2 is 2.08 bits per heavy atom. The van der Waals surface area contributed by atoms with Crippen LogP contribution in [0.1, 0.15) is 32.6 Å². The van der Waals surface area contributed by atoms with Crippen molar-refractivity contribution in [2.24, 2.45) is 5.92 Å². The lowest BCUT2D eigenvalue weighted by Gasteiger charge is -2.08. The second kappa shape index (κ2) is 6.55. The van der Waals surface area contributed by atoms with Crippen molar-refractivity contribution in [3.05, 3.63) is 0 Å². The van der Waals surface area contributed by atoms with Gasteiger partial charge in [-0.05, 0) is 25.7 Å². The van der Waals surface area contributed by atoms with E-state index in [1.807, 2.05) is 6.92 Å². The molecular weight excluding hydrogens is 184 g/mol. The number of ether oxygens (including phenoxy) is 1. The summed E-state index contributed by atoms with van der Waals surface area (Å²) >= 11 is 0. The van der Waals surface area contributed by atoms with Crippen molar-refractivity contribution in [3.8, 4) is 0 Å².